The van der Waals surface area contributed by atoms with Gasteiger partial charge in [-0.1, -0.05) is 39.1 Å². The molecule has 0 saturated heterocycles. The summed E-state index contributed by atoms with van der Waals surface area (Å²) in [5.41, 5.74) is 0.995. The monoisotopic (exact) mass is 362 g/mol. The van der Waals surface area contributed by atoms with Gasteiger partial charge in [0, 0.05) is 20.9 Å². The van der Waals surface area contributed by atoms with Crippen molar-refractivity contribution in [2.24, 2.45) is 0 Å². The Balaban J connectivity index is 2.25. The molecule has 0 spiro atoms. The molecule has 2 rings (SSSR count). The summed E-state index contributed by atoms with van der Waals surface area (Å²) in [6, 6.07) is 9.43. The molecular formula is C14H10BrCl2FO. The van der Waals surface area contributed by atoms with Crippen molar-refractivity contribution in [3.05, 3.63) is 67.9 Å². The molecular weight excluding hydrogens is 354 g/mol. The molecule has 2 aromatic rings. The van der Waals surface area contributed by atoms with Gasteiger partial charge in [0.25, 0.3) is 0 Å². The Morgan fingerprint density at radius 1 is 1.11 bits per heavy atom. The second-order valence-electron chi connectivity index (χ2n) is 4.16. The first kappa shape index (κ1) is 14.8. The maximum atomic E-state index is 13.6. The Labute approximate surface area is 129 Å². The maximum absolute atomic E-state index is 13.6. The van der Waals surface area contributed by atoms with Crippen molar-refractivity contribution in [3.63, 3.8) is 0 Å². The number of rotatable bonds is 3. The normalized spacial score (nSPS) is 12.5. The summed E-state index contributed by atoms with van der Waals surface area (Å²) in [6.45, 7) is 0. The maximum Gasteiger partial charge on any atom is 0.126 e. The standard InChI is InChI=1S/C14H10BrCl2FO/c15-10-1-2-13(18)8(3-10)6-14(19)9-4-11(16)7-12(17)5-9/h1-5,7,14,19H,6H2. The molecule has 0 aliphatic heterocycles. The highest BCUT2D eigenvalue weighted by Gasteiger charge is 2.13. The van der Waals surface area contributed by atoms with Crippen molar-refractivity contribution in [3.8, 4) is 0 Å². The first-order chi connectivity index (χ1) is 8.95. The second-order valence-corrected chi connectivity index (χ2v) is 5.95. The van der Waals surface area contributed by atoms with Crippen molar-refractivity contribution in [1.82, 2.24) is 0 Å². The third-order valence-electron chi connectivity index (χ3n) is 2.69. The van der Waals surface area contributed by atoms with Gasteiger partial charge in [0.05, 0.1) is 6.10 Å². The van der Waals surface area contributed by atoms with E-state index in [0.29, 0.717) is 21.2 Å². The molecule has 0 amide bonds. The van der Waals surface area contributed by atoms with E-state index in [1.807, 2.05) is 0 Å². The molecule has 5 heteroatoms. The number of aliphatic hydroxyl groups is 1. The van der Waals surface area contributed by atoms with E-state index in [1.165, 1.54) is 6.07 Å². The van der Waals surface area contributed by atoms with E-state index >= 15 is 0 Å². The summed E-state index contributed by atoms with van der Waals surface area (Å²) in [5, 5.41) is 11.0. The first-order valence-corrected chi connectivity index (χ1v) is 7.08. The Kier molecular flexibility index (Phi) is 4.85. The van der Waals surface area contributed by atoms with Crippen molar-refractivity contribution in [2.45, 2.75) is 12.5 Å². The van der Waals surface area contributed by atoms with Gasteiger partial charge in [-0.2, -0.15) is 0 Å². The molecule has 0 saturated carbocycles. The summed E-state index contributed by atoms with van der Waals surface area (Å²) in [6.07, 6.45) is -0.706. The lowest BCUT2D eigenvalue weighted by atomic mass is 10.0. The molecule has 0 aliphatic rings. The zero-order chi connectivity index (χ0) is 14.0. The minimum Gasteiger partial charge on any atom is -0.388 e. The van der Waals surface area contributed by atoms with Gasteiger partial charge < -0.3 is 5.11 Å². The molecule has 100 valence electrons. The Morgan fingerprint density at radius 3 is 2.37 bits per heavy atom. The van der Waals surface area contributed by atoms with Gasteiger partial charge in [-0.05, 0) is 47.5 Å². The topological polar surface area (TPSA) is 20.2 Å². The van der Waals surface area contributed by atoms with Crippen LogP contribution in [0.25, 0.3) is 0 Å². The van der Waals surface area contributed by atoms with Crippen LogP contribution in [0.2, 0.25) is 10.0 Å². The lowest BCUT2D eigenvalue weighted by Gasteiger charge is -2.13. The van der Waals surface area contributed by atoms with Crippen LogP contribution in [-0.2, 0) is 6.42 Å². The van der Waals surface area contributed by atoms with Crippen LogP contribution in [-0.4, -0.2) is 5.11 Å². The summed E-state index contributed by atoms with van der Waals surface area (Å²) in [4.78, 5) is 0. The minimum atomic E-state index is -0.861. The van der Waals surface area contributed by atoms with Crippen LogP contribution >= 0.6 is 39.1 Å². The van der Waals surface area contributed by atoms with Crippen LogP contribution in [0.5, 0.6) is 0 Å². The van der Waals surface area contributed by atoms with E-state index in [2.05, 4.69) is 15.9 Å². The minimum absolute atomic E-state index is 0.155. The van der Waals surface area contributed by atoms with E-state index in [1.54, 1.807) is 30.3 Å². The van der Waals surface area contributed by atoms with E-state index in [9.17, 15) is 9.50 Å². The van der Waals surface area contributed by atoms with Crippen molar-refractivity contribution in [2.75, 3.05) is 0 Å². The highest BCUT2D eigenvalue weighted by molar-refractivity contribution is 9.10. The zero-order valence-electron chi connectivity index (χ0n) is 9.71. The molecule has 0 fully saturated rings. The zero-order valence-corrected chi connectivity index (χ0v) is 12.8. The van der Waals surface area contributed by atoms with Gasteiger partial charge in [0.1, 0.15) is 5.82 Å². The fourth-order valence-corrected chi connectivity index (χ4v) is 2.74. The van der Waals surface area contributed by atoms with Gasteiger partial charge in [-0.15, -0.1) is 0 Å². The van der Waals surface area contributed by atoms with Crippen LogP contribution < -0.4 is 0 Å². The Morgan fingerprint density at radius 2 is 1.74 bits per heavy atom. The molecule has 0 aliphatic carbocycles. The predicted molar refractivity (Wildman–Crippen MR) is 79.2 cm³/mol. The molecule has 1 nitrogen and oxygen atoms in total. The number of hydrogen-bond acceptors (Lipinski definition) is 1. The first-order valence-electron chi connectivity index (χ1n) is 5.53. The van der Waals surface area contributed by atoms with Crippen molar-refractivity contribution in [1.29, 1.82) is 0 Å². The van der Waals surface area contributed by atoms with Crippen LogP contribution in [0.3, 0.4) is 0 Å². The van der Waals surface area contributed by atoms with E-state index in [-0.39, 0.29) is 12.2 Å². The molecule has 1 unspecified atom stereocenters. The number of aliphatic hydroxyl groups excluding tert-OH is 1. The largest absolute Gasteiger partial charge is 0.388 e. The van der Waals surface area contributed by atoms with Gasteiger partial charge >= 0.3 is 0 Å². The molecule has 1 atom stereocenters. The highest BCUT2D eigenvalue weighted by Crippen LogP contribution is 2.27. The fraction of sp³-hybridized carbons (Fsp3) is 0.143. The fourth-order valence-electron chi connectivity index (χ4n) is 1.79. The van der Waals surface area contributed by atoms with Crippen LogP contribution in [0.15, 0.2) is 40.9 Å². The van der Waals surface area contributed by atoms with Gasteiger partial charge in [-0.25, -0.2) is 4.39 Å². The van der Waals surface area contributed by atoms with Gasteiger partial charge in [-0.3, -0.25) is 0 Å². The average Bonchev–Trinajstić information content (AvgIpc) is 2.32. The summed E-state index contributed by atoms with van der Waals surface area (Å²) in [7, 11) is 0. The molecule has 2 aromatic carbocycles. The Bertz CT molecular complexity index is 584. The number of hydrogen-bond donors (Lipinski definition) is 1. The van der Waals surface area contributed by atoms with E-state index in [0.717, 1.165) is 4.47 Å². The molecule has 19 heavy (non-hydrogen) atoms. The number of halogens is 4. The average molecular weight is 364 g/mol. The smallest absolute Gasteiger partial charge is 0.126 e. The predicted octanol–water partition coefficient (Wildman–Crippen LogP) is 5.17. The second kappa shape index (κ2) is 6.23. The Hall–Kier alpha value is -0.610. The number of benzene rings is 2. The van der Waals surface area contributed by atoms with Crippen molar-refractivity contribution >= 4 is 39.1 Å². The SMILES string of the molecule is OC(Cc1cc(Br)ccc1F)c1cc(Cl)cc(Cl)c1. The van der Waals surface area contributed by atoms with Crippen molar-refractivity contribution < 1.29 is 9.50 Å². The summed E-state index contributed by atoms with van der Waals surface area (Å²) in [5.74, 6) is -0.352. The summed E-state index contributed by atoms with van der Waals surface area (Å²) < 4.78 is 14.4. The van der Waals surface area contributed by atoms with Crippen LogP contribution in [0, 0.1) is 5.82 Å². The quantitative estimate of drug-likeness (QED) is 0.797. The lowest BCUT2D eigenvalue weighted by molar-refractivity contribution is 0.177. The molecule has 0 bridgehead atoms. The molecule has 1 N–H and O–H groups in total. The highest BCUT2D eigenvalue weighted by atomic mass is 79.9. The van der Waals surface area contributed by atoms with Gasteiger partial charge in [0.2, 0.25) is 0 Å². The van der Waals surface area contributed by atoms with Crippen LogP contribution in [0.1, 0.15) is 17.2 Å². The molecule has 0 aromatic heterocycles. The van der Waals surface area contributed by atoms with Gasteiger partial charge in [0.15, 0.2) is 0 Å². The third-order valence-corrected chi connectivity index (χ3v) is 3.62. The van der Waals surface area contributed by atoms with E-state index in [4.69, 9.17) is 23.2 Å². The third kappa shape index (κ3) is 3.93. The molecule has 0 radical (unpaired) electrons. The van der Waals surface area contributed by atoms with E-state index < -0.39 is 6.10 Å². The van der Waals surface area contributed by atoms with Crippen LogP contribution in [0.4, 0.5) is 4.39 Å². The lowest BCUT2D eigenvalue weighted by Crippen LogP contribution is -2.03. The summed E-state index contributed by atoms with van der Waals surface area (Å²) >= 11 is 15.0. The molecule has 0 heterocycles.